The van der Waals surface area contributed by atoms with E-state index in [-0.39, 0.29) is 111 Å². The van der Waals surface area contributed by atoms with Crippen molar-refractivity contribution >= 4 is 0 Å². The number of rotatable bonds is 0. The molecule has 0 aromatic heterocycles. The van der Waals surface area contributed by atoms with Gasteiger partial charge in [0.1, 0.15) is 0 Å². The van der Waals surface area contributed by atoms with Gasteiger partial charge in [-0.25, -0.2) is 0 Å². The molecule has 0 spiro atoms. The fraction of sp³-hybridized carbons (Fsp3) is 0. The first-order valence-electron chi connectivity index (χ1n) is 0. The monoisotopic (exact) mass is 341 g/mol. The Labute approximate surface area is 108 Å². The third-order valence-corrected chi connectivity index (χ3v) is 0. The van der Waals surface area contributed by atoms with Crippen LogP contribution in [0.25, 0.3) is 0 Å². The molecule has 0 aliphatic carbocycles. The van der Waals surface area contributed by atoms with Gasteiger partial charge in [-0.15, -0.1) is 0 Å². The normalized spacial score (nSPS) is 0. The molecule has 1 radical (unpaired) electrons. The van der Waals surface area contributed by atoms with Crippen LogP contribution < -0.4 is 88.6 Å². The zero-order valence-electron chi connectivity index (χ0n) is 2.44. The molecule has 0 aliphatic heterocycles. The fourth-order valence-electron chi connectivity index (χ4n) is 0. The summed E-state index contributed by atoms with van der Waals surface area (Å²) >= 11 is 0. The summed E-state index contributed by atoms with van der Waals surface area (Å²) in [5, 5.41) is 0. The minimum absolute atomic E-state index is 0. The van der Waals surface area contributed by atoms with Crippen molar-refractivity contribution in [3.05, 3.63) is 0 Å². The first-order chi connectivity index (χ1) is 0. The SMILES string of the molecule is [Au].[Cl-].[Cl-].[Cl-].[K+]. The zero-order chi connectivity index (χ0) is 0. The Balaban J connectivity index is 0. The van der Waals surface area contributed by atoms with Crippen LogP contribution in [0.4, 0.5) is 0 Å². The van der Waals surface area contributed by atoms with Crippen molar-refractivity contribution in [3.63, 3.8) is 0 Å². The fourth-order valence-corrected chi connectivity index (χ4v) is 0. The molecule has 0 aromatic rings. The maximum atomic E-state index is 0. The van der Waals surface area contributed by atoms with Gasteiger partial charge in [0.25, 0.3) is 0 Å². The van der Waals surface area contributed by atoms with Crippen molar-refractivity contribution in [2.75, 3.05) is 0 Å². The standard InChI is InChI=1S/Au.3ClH.K/h;3*1H;/q;;;;+1/p-3. The predicted molar refractivity (Wildman–Crippen MR) is 0 cm³/mol. The Hall–Kier alpha value is 3.25. The van der Waals surface area contributed by atoms with Gasteiger partial charge in [0.2, 0.25) is 0 Å². The summed E-state index contributed by atoms with van der Waals surface area (Å²) in [6.45, 7) is 0. The molecule has 0 amide bonds. The average Bonchev–Trinajstić information content (AvgIpc) is 0. The van der Waals surface area contributed by atoms with Gasteiger partial charge in [0, 0.05) is 22.4 Å². The summed E-state index contributed by atoms with van der Waals surface area (Å²) in [7, 11) is 0. The molecule has 0 aromatic carbocycles. The van der Waals surface area contributed by atoms with E-state index in [9.17, 15) is 0 Å². The number of hydrogen-bond donors (Lipinski definition) is 0. The number of halogens is 3. The summed E-state index contributed by atoms with van der Waals surface area (Å²) in [5.41, 5.74) is 0. The maximum Gasteiger partial charge on any atom is 1.00 e. The maximum absolute atomic E-state index is 0. The van der Waals surface area contributed by atoms with Gasteiger partial charge in [-0.2, -0.15) is 0 Å². The van der Waals surface area contributed by atoms with Crippen molar-refractivity contribution < 1.29 is 111 Å². The molecule has 0 bridgehead atoms. The van der Waals surface area contributed by atoms with Crippen molar-refractivity contribution in [3.8, 4) is 0 Å². The molecular weight excluding hydrogens is 342 g/mol. The Morgan fingerprint density at radius 1 is 0.600 bits per heavy atom. The van der Waals surface area contributed by atoms with E-state index in [2.05, 4.69) is 0 Å². The molecule has 0 unspecified atom stereocenters. The minimum Gasteiger partial charge on any atom is -1.00 e. The van der Waals surface area contributed by atoms with Crippen molar-refractivity contribution in [2.24, 2.45) is 0 Å². The van der Waals surface area contributed by atoms with Crippen LogP contribution in [0.2, 0.25) is 0 Å². The van der Waals surface area contributed by atoms with Gasteiger partial charge >= 0.3 is 51.4 Å². The second kappa shape index (κ2) is 26.8. The van der Waals surface area contributed by atoms with Gasteiger partial charge in [-0.05, 0) is 0 Å². The molecule has 0 saturated heterocycles. The Morgan fingerprint density at radius 3 is 0.600 bits per heavy atom. The Morgan fingerprint density at radius 2 is 0.600 bits per heavy atom. The summed E-state index contributed by atoms with van der Waals surface area (Å²) in [6, 6.07) is 0. The van der Waals surface area contributed by atoms with Crippen molar-refractivity contribution in [1.82, 2.24) is 0 Å². The molecule has 5 heteroatoms. The predicted octanol–water partition coefficient (Wildman–Crippen LogP) is -12.0. The molecule has 0 fully saturated rings. The summed E-state index contributed by atoms with van der Waals surface area (Å²) in [6.07, 6.45) is 0. The molecule has 35 valence electrons. The second-order valence-electron chi connectivity index (χ2n) is 0. The van der Waals surface area contributed by atoms with Crippen LogP contribution >= 0.6 is 0 Å². The van der Waals surface area contributed by atoms with E-state index in [0.29, 0.717) is 0 Å². The van der Waals surface area contributed by atoms with E-state index in [1.54, 1.807) is 0 Å². The van der Waals surface area contributed by atoms with Gasteiger partial charge < -0.3 is 37.2 Å². The van der Waals surface area contributed by atoms with Crippen molar-refractivity contribution in [1.29, 1.82) is 0 Å². The van der Waals surface area contributed by atoms with Crippen LogP contribution in [-0.4, -0.2) is 0 Å². The number of hydrogen-bond acceptors (Lipinski definition) is 0. The van der Waals surface area contributed by atoms with Gasteiger partial charge in [0.15, 0.2) is 0 Å². The van der Waals surface area contributed by atoms with Crippen LogP contribution in [-0.2, 0) is 22.4 Å². The van der Waals surface area contributed by atoms with Crippen LogP contribution in [0.15, 0.2) is 0 Å². The van der Waals surface area contributed by atoms with Gasteiger partial charge in [-0.1, -0.05) is 0 Å². The average molecular weight is 342 g/mol. The van der Waals surface area contributed by atoms with E-state index in [0.717, 1.165) is 0 Å². The summed E-state index contributed by atoms with van der Waals surface area (Å²) in [4.78, 5) is 0. The van der Waals surface area contributed by atoms with Gasteiger partial charge in [-0.3, -0.25) is 0 Å². The smallest absolute Gasteiger partial charge is 1.00 e. The zero-order valence-corrected chi connectivity index (χ0v) is 9.99. The molecule has 0 saturated carbocycles. The molecule has 0 N–H and O–H groups in total. The van der Waals surface area contributed by atoms with Crippen LogP contribution in [0.5, 0.6) is 0 Å². The molecular formula is AuCl3K-2. The van der Waals surface area contributed by atoms with E-state index in [1.807, 2.05) is 0 Å². The molecule has 5 heavy (non-hydrogen) atoms. The van der Waals surface area contributed by atoms with E-state index in [4.69, 9.17) is 0 Å². The largest absolute Gasteiger partial charge is 1.00 e. The van der Waals surface area contributed by atoms with Crippen LogP contribution in [0.1, 0.15) is 0 Å². The summed E-state index contributed by atoms with van der Waals surface area (Å²) < 4.78 is 0. The molecule has 0 rings (SSSR count). The summed E-state index contributed by atoms with van der Waals surface area (Å²) in [5.74, 6) is 0. The van der Waals surface area contributed by atoms with Gasteiger partial charge in [0.05, 0.1) is 0 Å². The molecule has 0 aliphatic rings. The van der Waals surface area contributed by atoms with E-state index in [1.165, 1.54) is 0 Å². The Bertz CT molecular complexity index is 6.85. The first-order valence-corrected chi connectivity index (χ1v) is 0. The van der Waals surface area contributed by atoms with E-state index >= 15 is 0 Å². The Kier molecular flexibility index (Phi) is 220. The molecule has 0 heterocycles. The molecule has 0 atom stereocenters. The van der Waals surface area contributed by atoms with Crippen LogP contribution in [0.3, 0.4) is 0 Å². The van der Waals surface area contributed by atoms with E-state index < -0.39 is 0 Å². The van der Waals surface area contributed by atoms with Crippen LogP contribution in [0, 0.1) is 0 Å². The minimum atomic E-state index is 0. The third kappa shape index (κ3) is 18.9. The topological polar surface area (TPSA) is 0 Å². The van der Waals surface area contributed by atoms with Crippen molar-refractivity contribution in [2.45, 2.75) is 0 Å². The quantitative estimate of drug-likeness (QED) is 0.384. The first kappa shape index (κ1) is 41.1. The third-order valence-electron chi connectivity index (χ3n) is 0. The second-order valence-corrected chi connectivity index (χ2v) is 0. The molecule has 0 nitrogen and oxygen atoms in total.